The number of carbonyl (C=O) groups is 1. The third-order valence-corrected chi connectivity index (χ3v) is 4.74. The summed E-state index contributed by atoms with van der Waals surface area (Å²) in [5.74, 6) is 0.371. The van der Waals surface area contributed by atoms with Gasteiger partial charge < -0.3 is 15.3 Å². The molecular formula is C18H22N4O4. The van der Waals surface area contributed by atoms with Crippen LogP contribution in [0.5, 0.6) is 0 Å². The summed E-state index contributed by atoms with van der Waals surface area (Å²) in [6.07, 6.45) is -0.0792. The van der Waals surface area contributed by atoms with Crippen LogP contribution >= 0.6 is 0 Å². The Bertz CT molecular complexity index is 851. The molecule has 1 unspecified atom stereocenters. The Labute approximate surface area is 150 Å². The van der Waals surface area contributed by atoms with Crippen molar-refractivity contribution in [3.8, 4) is 0 Å². The second-order valence-electron chi connectivity index (χ2n) is 6.47. The van der Waals surface area contributed by atoms with E-state index in [0.29, 0.717) is 31.7 Å². The van der Waals surface area contributed by atoms with Gasteiger partial charge in [-0.1, -0.05) is 30.3 Å². The normalized spacial score (nSPS) is 16.3. The molecule has 0 radical (unpaired) electrons. The average molecular weight is 358 g/mol. The van der Waals surface area contributed by atoms with Crippen molar-refractivity contribution >= 4 is 11.9 Å². The van der Waals surface area contributed by atoms with Crippen LogP contribution in [0.3, 0.4) is 0 Å². The molecule has 1 saturated heterocycles. The Hall–Kier alpha value is -3.03. The van der Waals surface area contributed by atoms with E-state index in [-0.39, 0.29) is 17.6 Å². The first-order valence-corrected chi connectivity index (χ1v) is 8.61. The standard InChI is InChI=1S/C18H22N4O4/c1-12(13-5-3-2-4-6-13)19-15-11-16(23)22(17(24)20-15)14-7-9-21(10-8-14)18(25)26/h2-6,11-12,14,19H,7-10H2,1H3,(H,20,24)(H,25,26). The number of H-pyrrole nitrogens is 1. The van der Waals surface area contributed by atoms with Crippen LogP contribution in [-0.2, 0) is 0 Å². The number of rotatable bonds is 4. The van der Waals surface area contributed by atoms with E-state index in [9.17, 15) is 14.4 Å². The van der Waals surface area contributed by atoms with Gasteiger partial charge >= 0.3 is 11.8 Å². The number of aromatic nitrogens is 2. The molecular weight excluding hydrogens is 336 g/mol. The van der Waals surface area contributed by atoms with Crippen molar-refractivity contribution in [2.45, 2.75) is 31.8 Å². The average Bonchev–Trinajstić information content (AvgIpc) is 2.62. The number of nitrogens with one attached hydrogen (secondary N) is 2. The first-order chi connectivity index (χ1) is 12.5. The number of anilines is 1. The van der Waals surface area contributed by atoms with E-state index in [2.05, 4.69) is 10.3 Å². The quantitative estimate of drug-likeness (QED) is 0.775. The van der Waals surface area contributed by atoms with Gasteiger partial charge in [-0.05, 0) is 25.3 Å². The van der Waals surface area contributed by atoms with Crippen LogP contribution in [0.1, 0.15) is 37.4 Å². The van der Waals surface area contributed by atoms with E-state index in [1.165, 1.54) is 15.5 Å². The fourth-order valence-electron chi connectivity index (χ4n) is 3.30. The molecule has 8 nitrogen and oxygen atoms in total. The summed E-state index contributed by atoms with van der Waals surface area (Å²) in [4.78, 5) is 39.9. The van der Waals surface area contributed by atoms with Gasteiger partial charge in [0.25, 0.3) is 5.56 Å². The van der Waals surface area contributed by atoms with Gasteiger partial charge in [0.05, 0.1) is 0 Å². The van der Waals surface area contributed by atoms with Gasteiger partial charge in [-0.15, -0.1) is 0 Å². The fraction of sp³-hybridized carbons (Fsp3) is 0.389. The van der Waals surface area contributed by atoms with Crippen molar-refractivity contribution in [2.75, 3.05) is 18.4 Å². The van der Waals surface area contributed by atoms with E-state index < -0.39 is 11.8 Å². The summed E-state index contributed by atoms with van der Waals surface area (Å²) in [6, 6.07) is 10.7. The largest absolute Gasteiger partial charge is 0.465 e. The number of amides is 1. The van der Waals surface area contributed by atoms with Crippen LogP contribution < -0.4 is 16.6 Å². The van der Waals surface area contributed by atoms with Crippen LogP contribution in [0, 0.1) is 0 Å². The Kier molecular flexibility index (Phi) is 5.11. The van der Waals surface area contributed by atoms with Crippen LogP contribution in [-0.4, -0.2) is 38.7 Å². The predicted molar refractivity (Wildman–Crippen MR) is 97.7 cm³/mol. The lowest BCUT2D eigenvalue weighted by Gasteiger charge is -2.30. The first-order valence-electron chi connectivity index (χ1n) is 8.61. The summed E-state index contributed by atoms with van der Waals surface area (Å²) in [5, 5.41) is 12.1. The smallest absolute Gasteiger partial charge is 0.407 e. The van der Waals surface area contributed by atoms with E-state index in [1.54, 1.807) is 0 Å². The molecule has 2 heterocycles. The lowest BCUT2D eigenvalue weighted by atomic mass is 10.1. The highest BCUT2D eigenvalue weighted by Gasteiger charge is 2.25. The van der Waals surface area contributed by atoms with E-state index in [1.807, 2.05) is 37.3 Å². The Morgan fingerprint density at radius 2 is 1.88 bits per heavy atom. The van der Waals surface area contributed by atoms with Crippen molar-refractivity contribution in [1.29, 1.82) is 0 Å². The zero-order valence-corrected chi connectivity index (χ0v) is 14.5. The topological polar surface area (TPSA) is 107 Å². The molecule has 8 heteroatoms. The molecule has 0 bridgehead atoms. The van der Waals surface area contributed by atoms with Gasteiger partial charge in [0.15, 0.2) is 0 Å². The Morgan fingerprint density at radius 1 is 1.23 bits per heavy atom. The molecule has 2 aromatic rings. The maximum absolute atomic E-state index is 12.5. The molecule has 0 spiro atoms. The van der Waals surface area contributed by atoms with Crippen molar-refractivity contribution in [3.05, 3.63) is 62.8 Å². The maximum atomic E-state index is 12.5. The summed E-state index contributed by atoms with van der Waals surface area (Å²) in [7, 11) is 0. The highest BCUT2D eigenvalue weighted by atomic mass is 16.4. The monoisotopic (exact) mass is 358 g/mol. The number of hydrogen-bond donors (Lipinski definition) is 3. The maximum Gasteiger partial charge on any atom is 0.407 e. The van der Waals surface area contributed by atoms with Crippen LogP contribution in [0.2, 0.25) is 0 Å². The lowest BCUT2D eigenvalue weighted by molar-refractivity contribution is 0.124. The number of hydrogen-bond acceptors (Lipinski definition) is 4. The minimum absolute atomic E-state index is 0.0686. The number of nitrogens with zero attached hydrogens (tertiary/aromatic N) is 2. The molecule has 0 saturated carbocycles. The van der Waals surface area contributed by atoms with Crippen molar-refractivity contribution in [3.63, 3.8) is 0 Å². The number of benzene rings is 1. The van der Waals surface area contributed by atoms with Crippen LogP contribution in [0.4, 0.5) is 10.6 Å². The van der Waals surface area contributed by atoms with Gasteiger partial charge in [0.1, 0.15) is 5.82 Å². The lowest BCUT2D eigenvalue weighted by Crippen LogP contribution is -2.44. The summed E-state index contributed by atoms with van der Waals surface area (Å²) in [6.45, 7) is 2.58. The Morgan fingerprint density at radius 3 is 2.46 bits per heavy atom. The first kappa shape index (κ1) is 17.8. The van der Waals surface area contributed by atoms with E-state index in [4.69, 9.17) is 5.11 Å². The molecule has 26 heavy (non-hydrogen) atoms. The molecule has 1 atom stereocenters. The molecule has 1 aliphatic heterocycles. The molecule has 1 aliphatic rings. The third kappa shape index (κ3) is 3.79. The number of carboxylic acid groups (broad SMARTS) is 1. The zero-order valence-electron chi connectivity index (χ0n) is 14.5. The van der Waals surface area contributed by atoms with E-state index in [0.717, 1.165) is 5.56 Å². The fourth-order valence-corrected chi connectivity index (χ4v) is 3.30. The molecule has 1 fully saturated rings. The summed E-state index contributed by atoms with van der Waals surface area (Å²) < 4.78 is 1.19. The molecule has 1 aromatic carbocycles. The summed E-state index contributed by atoms with van der Waals surface area (Å²) in [5.41, 5.74) is 0.179. The van der Waals surface area contributed by atoms with Gasteiger partial charge in [-0.3, -0.25) is 14.3 Å². The Balaban J connectivity index is 1.76. The van der Waals surface area contributed by atoms with Gasteiger partial charge in [0, 0.05) is 31.2 Å². The van der Waals surface area contributed by atoms with Crippen LogP contribution in [0.25, 0.3) is 0 Å². The molecule has 138 valence electrons. The minimum atomic E-state index is -0.973. The zero-order chi connectivity index (χ0) is 18.7. The second kappa shape index (κ2) is 7.47. The highest BCUT2D eigenvalue weighted by Crippen LogP contribution is 2.20. The van der Waals surface area contributed by atoms with Gasteiger partial charge in [-0.2, -0.15) is 0 Å². The van der Waals surface area contributed by atoms with Gasteiger partial charge in [-0.25, -0.2) is 9.59 Å². The van der Waals surface area contributed by atoms with E-state index >= 15 is 0 Å². The molecule has 1 aromatic heterocycles. The molecule has 3 N–H and O–H groups in total. The van der Waals surface area contributed by atoms with Crippen LogP contribution in [0.15, 0.2) is 46.0 Å². The predicted octanol–water partition coefficient (Wildman–Crippen LogP) is 2.02. The molecule has 0 aliphatic carbocycles. The van der Waals surface area contributed by atoms with Crippen molar-refractivity contribution < 1.29 is 9.90 Å². The van der Waals surface area contributed by atoms with Crippen molar-refractivity contribution in [1.82, 2.24) is 14.5 Å². The van der Waals surface area contributed by atoms with Gasteiger partial charge in [0.2, 0.25) is 0 Å². The third-order valence-electron chi connectivity index (χ3n) is 4.74. The minimum Gasteiger partial charge on any atom is -0.465 e. The highest BCUT2D eigenvalue weighted by molar-refractivity contribution is 5.65. The number of likely N-dealkylation sites (tertiary alicyclic amines) is 1. The van der Waals surface area contributed by atoms with Crippen molar-refractivity contribution in [2.24, 2.45) is 0 Å². The number of piperidine rings is 1. The SMILES string of the molecule is CC(Nc1cc(=O)n(C2CCN(C(=O)O)CC2)c(=O)[nH]1)c1ccccc1. The number of aromatic amines is 1. The molecule has 1 amide bonds. The summed E-state index contributed by atoms with van der Waals surface area (Å²) >= 11 is 0. The second-order valence-corrected chi connectivity index (χ2v) is 6.47. The molecule has 3 rings (SSSR count).